The summed E-state index contributed by atoms with van der Waals surface area (Å²) in [6, 6.07) is 2.92. The summed E-state index contributed by atoms with van der Waals surface area (Å²) in [6.07, 6.45) is 14.7. The van der Waals surface area contributed by atoms with Gasteiger partial charge < -0.3 is 14.2 Å². The maximum Gasteiger partial charge on any atom is 0.204 e. The Morgan fingerprint density at radius 1 is 0.818 bits per heavy atom. The molecule has 5 heteroatoms. The molecule has 0 N–H and O–H groups in total. The number of rotatable bonds is 8. The van der Waals surface area contributed by atoms with E-state index in [9.17, 15) is 8.78 Å². The first-order valence-corrected chi connectivity index (χ1v) is 13.1. The first-order valence-electron chi connectivity index (χ1n) is 13.1. The van der Waals surface area contributed by atoms with E-state index in [1.807, 2.05) is 6.08 Å². The minimum atomic E-state index is -0.964. The highest BCUT2D eigenvalue weighted by atomic mass is 19.2. The molecule has 1 aromatic carbocycles. The van der Waals surface area contributed by atoms with E-state index in [0.29, 0.717) is 19.1 Å². The fraction of sp³-hybridized carbons (Fsp3) is 0.714. The lowest BCUT2D eigenvalue weighted by Crippen LogP contribution is -2.33. The maximum atomic E-state index is 14.3. The molecule has 0 bridgehead atoms. The van der Waals surface area contributed by atoms with Crippen molar-refractivity contribution in [1.82, 2.24) is 0 Å². The highest BCUT2D eigenvalue weighted by Crippen LogP contribution is 2.44. The number of halogens is 2. The Kier molecular flexibility index (Phi) is 8.67. The number of benzene rings is 1. The van der Waals surface area contributed by atoms with Crippen LogP contribution in [-0.4, -0.2) is 25.9 Å². The normalized spacial score (nSPS) is 32.8. The van der Waals surface area contributed by atoms with Gasteiger partial charge in [0.2, 0.25) is 11.6 Å². The summed E-state index contributed by atoms with van der Waals surface area (Å²) in [5.41, 5.74) is 0. The van der Waals surface area contributed by atoms with Gasteiger partial charge in [-0.25, -0.2) is 0 Å². The van der Waals surface area contributed by atoms with Crippen LogP contribution in [0.1, 0.15) is 71.1 Å². The minimum Gasteiger partial charge on any atom is -0.491 e. The van der Waals surface area contributed by atoms with Crippen LogP contribution in [0.2, 0.25) is 0 Å². The summed E-state index contributed by atoms with van der Waals surface area (Å²) in [5.74, 6) is 1.68. The molecule has 3 nitrogen and oxygen atoms in total. The molecule has 2 unspecified atom stereocenters. The van der Waals surface area contributed by atoms with Gasteiger partial charge in [0.15, 0.2) is 11.5 Å². The largest absolute Gasteiger partial charge is 0.491 e. The van der Waals surface area contributed by atoms with Crippen molar-refractivity contribution in [2.24, 2.45) is 29.6 Å². The van der Waals surface area contributed by atoms with Crippen LogP contribution >= 0.6 is 0 Å². The molecule has 33 heavy (non-hydrogen) atoms. The Bertz CT molecular complexity index is 759. The number of hydrogen-bond donors (Lipinski definition) is 0. The van der Waals surface area contributed by atoms with Gasteiger partial charge >= 0.3 is 0 Å². The maximum absolute atomic E-state index is 14.3. The van der Waals surface area contributed by atoms with E-state index in [4.69, 9.17) is 14.2 Å². The molecule has 2 atom stereocenters. The Balaban J connectivity index is 1.17. The lowest BCUT2D eigenvalue weighted by molar-refractivity contribution is -0.0192. The lowest BCUT2D eigenvalue weighted by Gasteiger charge is -2.41. The zero-order valence-electron chi connectivity index (χ0n) is 20.1. The molecule has 1 heterocycles. The van der Waals surface area contributed by atoms with Crippen molar-refractivity contribution < 1.29 is 23.0 Å². The summed E-state index contributed by atoms with van der Waals surface area (Å²) < 4.78 is 45.1. The summed E-state index contributed by atoms with van der Waals surface area (Å²) >= 11 is 0. The molecule has 0 radical (unpaired) electrons. The van der Waals surface area contributed by atoms with Crippen molar-refractivity contribution in [3.8, 4) is 11.5 Å². The lowest BCUT2D eigenvalue weighted by atomic mass is 9.67. The fourth-order valence-electron chi connectivity index (χ4n) is 6.36. The summed E-state index contributed by atoms with van der Waals surface area (Å²) in [7, 11) is 0. The van der Waals surface area contributed by atoms with Crippen molar-refractivity contribution in [2.75, 3.05) is 19.8 Å². The van der Waals surface area contributed by atoms with E-state index in [1.54, 1.807) is 6.92 Å². The van der Waals surface area contributed by atoms with Crippen LogP contribution in [-0.2, 0) is 4.74 Å². The molecular weight excluding hydrogens is 422 g/mol. The molecule has 2 aliphatic carbocycles. The molecule has 0 amide bonds. The van der Waals surface area contributed by atoms with Gasteiger partial charge in [0.25, 0.3) is 0 Å². The third-order valence-corrected chi connectivity index (χ3v) is 8.44. The number of ether oxygens (including phenoxy) is 3. The minimum absolute atomic E-state index is 0.0116. The molecule has 1 aliphatic heterocycles. The quantitative estimate of drug-likeness (QED) is 0.378. The van der Waals surface area contributed by atoms with Gasteiger partial charge in [0.05, 0.1) is 25.9 Å². The highest BCUT2D eigenvalue weighted by molar-refractivity contribution is 5.35. The van der Waals surface area contributed by atoms with Crippen molar-refractivity contribution >= 4 is 0 Å². The molecular formula is C28H40F2O3. The smallest absolute Gasteiger partial charge is 0.204 e. The topological polar surface area (TPSA) is 27.7 Å². The average Bonchev–Trinajstić information content (AvgIpc) is 2.87. The second-order valence-electron chi connectivity index (χ2n) is 10.3. The molecule has 4 rings (SSSR count). The summed E-state index contributed by atoms with van der Waals surface area (Å²) in [4.78, 5) is 0. The van der Waals surface area contributed by atoms with Crippen LogP contribution in [0.5, 0.6) is 11.5 Å². The van der Waals surface area contributed by atoms with Gasteiger partial charge in [-0.1, -0.05) is 6.08 Å². The SMILES string of the molecule is C=CC1CCC(C2CCC(C3CCC(COc4ccc(OCC)c(F)c4F)CC3)CC2)CO1. The second-order valence-corrected chi connectivity index (χ2v) is 10.3. The molecule has 184 valence electrons. The molecule has 1 aromatic rings. The van der Waals surface area contributed by atoms with Gasteiger partial charge in [-0.05, 0) is 113 Å². The summed E-state index contributed by atoms with van der Waals surface area (Å²) in [6.45, 7) is 7.27. The first-order chi connectivity index (χ1) is 16.1. The molecule has 3 aliphatic rings. The van der Waals surface area contributed by atoms with E-state index in [2.05, 4.69) is 6.58 Å². The molecule has 1 saturated heterocycles. The predicted molar refractivity (Wildman–Crippen MR) is 127 cm³/mol. The zero-order chi connectivity index (χ0) is 23.2. The van der Waals surface area contributed by atoms with Crippen molar-refractivity contribution in [2.45, 2.75) is 77.2 Å². The van der Waals surface area contributed by atoms with Crippen molar-refractivity contribution in [3.63, 3.8) is 0 Å². The standard InChI is InChI=1S/C28H40F2O3/c1-3-24-14-13-23(18-32-24)22-11-9-21(10-12-22)20-7-5-19(6-8-20)17-33-26-16-15-25(31-4-2)27(29)28(26)30/h3,15-16,19-24H,1,4-14,17-18H2,2H3. The van der Waals surface area contributed by atoms with Crippen LogP contribution in [0, 0.1) is 41.2 Å². The molecule has 2 saturated carbocycles. The summed E-state index contributed by atoms with van der Waals surface area (Å²) in [5, 5.41) is 0. The van der Waals surface area contributed by atoms with E-state index in [0.717, 1.165) is 49.5 Å². The molecule has 3 fully saturated rings. The van der Waals surface area contributed by atoms with Gasteiger partial charge in [-0.2, -0.15) is 8.78 Å². The van der Waals surface area contributed by atoms with Gasteiger partial charge in [0.1, 0.15) is 0 Å². The Labute approximate surface area is 197 Å². The van der Waals surface area contributed by atoms with Crippen LogP contribution in [0.4, 0.5) is 8.78 Å². The average molecular weight is 463 g/mol. The van der Waals surface area contributed by atoms with Crippen LogP contribution in [0.15, 0.2) is 24.8 Å². The predicted octanol–water partition coefficient (Wildman–Crippen LogP) is 7.34. The van der Waals surface area contributed by atoms with E-state index >= 15 is 0 Å². The Hall–Kier alpha value is -1.62. The monoisotopic (exact) mass is 462 g/mol. The fourth-order valence-corrected chi connectivity index (χ4v) is 6.36. The van der Waals surface area contributed by atoms with E-state index in [-0.39, 0.29) is 17.6 Å². The van der Waals surface area contributed by atoms with Crippen LogP contribution < -0.4 is 9.47 Å². The van der Waals surface area contributed by atoms with E-state index < -0.39 is 11.6 Å². The van der Waals surface area contributed by atoms with Crippen molar-refractivity contribution in [3.05, 3.63) is 36.4 Å². The van der Waals surface area contributed by atoms with Gasteiger partial charge in [0, 0.05) is 0 Å². The Morgan fingerprint density at radius 2 is 1.33 bits per heavy atom. The first kappa shape index (κ1) is 24.5. The van der Waals surface area contributed by atoms with Crippen molar-refractivity contribution in [1.29, 1.82) is 0 Å². The molecule has 0 aromatic heterocycles. The van der Waals surface area contributed by atoms with Gasteiger partial charge in [-0.15, -0.1) is 6.58 Å². The third kappa shape index (κ3) is 6.09. The number of hydrogen-bond acceptors (Lipinski definition) is 3. The third-order valence-electron chi connectivity index (χ3n) is 8.44. The van der Waals surface area contributed by atoms with Gasteiger partial charge in [-0.3, -0.25) is 0 Å². The zero-order valence-corrected chi connectivity index (χ0v) is 20.1. The van der Waals surface area contributed by atoms with Crippen LogP contribution in [0.25, 0.3) is 0 Å². The molecule has 0 spiro atoms. The second kappa shape index (κ2) is 11.7. The van der Waals surface area contributed by atoms with E-state index in [1.165, 1.54) is 57.1 Å². The highest BCUT2D eigenvalue weighted by Gasteiger charge is 2.34. The van der Waals surface area contributed by atoms with Crippen LogP contribution in [0.3, 0.4) is 0 Å². The Morgan fingerprint density at radius 3 is 1.85 bits per heavy atom.